The molecule has 0 atom stereocenters. The molecule has 0 bridgehead atoms. The number of aryl methyl sites for hydroxylation is 2. The van der Waals surface area contributed by atoms with Crippen molar-refractivity contribution in [2.45, 2.75) is 13.8 Å². The van der Waals surface area contributed by atoms with E-state index in [2.05, 4.69) is 5.32 Å². The van der Waals surface area contributed by atoms with Crippen LogP contribution < -0.4 is 10.1 Å². The highest BCUT2D eigenvalue weighted by Crippen LogP contribution is 2.21. The molecule has 110 valence electrons. The summed E-state index contributed by atoms with van der Waals surface area (Å²) in [4.78, 5) is 11.9. The Kier molecular flexibility index (Phi) is 4.81. The SMILES string of the molecule is Cc1ccc(C)c(NC(=O)COc2ccc(F)c(Cl)c2)c1. The maximum Gasteiger partial charge on any atom is 0.262 e. The van der Waals surface area contributed by atoms with Crippen molar-refractivity contribution in [3.05, 3.63) is 58.4 Å². The molecular weight excluding hydrogens is 293 g/mol. The van der Waals surface area contributed by atoms with Gasteiger partial charge in [-0.1, -0.05) is 23.7 Å². The molecule has 0 aliphatic rings. The van der Waals surface area contributed by atoms with Gasteiger partial charge in [0.2, 0.25) is 0 Å². The second-order valence-electron chi connectivity index (χ2n) is 4.73. The molecule has 0 aromatic heterocycles. The number of amides is 1. The molecule has 5 heteroatoms. The van der Waals surface area contributed by atoms with Crippen LogP contribution in [0.4, 0.5) is 10.1 Å². The van der Waals surface area contributed by atoms with E-state index in [0.29, 0.717) is 5.75 Å². The molecule has 21 heavy (non-hydrogen) atoms. The highest BCUT2D eigenvalue weighted by molar-refractivity contribution is 6.30. The summed E-state index contributed by atoms with van der Waals surface area (Å²) in [6.07, 6.45) is 0. The monoisotopic (exact) mass is 307 g/mol. The number of rotatable bonds is 4. The first kappa shape index (κ1) is 15.3. The zero-order valence-electron chi connectivity index (χ0n) is 11.7. The van der Waals surface area contributed by atoms with Crippen molar-refractivity contribution in [1.29, 1.82) is 0 Å². The number of anilines is 1. The minimum absolute atomic E-state index is 0.0394. The van der Waals surface area contributed by atoms with Crippen LogP contribution in [0.5, 0.6) is 5.75 Å². The van der Waals surface area contributed by atoms with Gasteiger partial charge in [0.25, 0.3) is 5.91 Å². The van der Waals surface area contributed by atoms with Crippen LogP contribution in [-0.4, -0.2) is 12.5 Å². The molecule has 3 nitrogen and oxygen atoms in total. The van der Waals surface area contributed by atoms with E-state index in [0.717, 1.165) is 16.8 Å². The van der Waals surface area contributed by atoms with E-state index in [1.54, 1.807) is 0 Å². The normalized spacial score (nSPS) is 10.3. The summed E-state index contributed by atoms with van der Waals surface area (Å²) in [5.41, 5.74) is 2.78. The van der Waals surface area contributed by atoms with Crippen LogP contribution in [-0.2, 0) is 4.79 Å². The minimum Gasteiger partial charge on any atom is -0.484 e. The number of carbonyl (C=O) groups excluding carboxylic acids is 1. The molecule has 2 aromatic carbocycles. The second kappa shape index (κ2) is 6.59. The first-order valence-corrected chi connectivity index (χ1v) is 6.78. The third kappa shape index (κ3) is 4.20. The topological polar surface area (TPSA) is 38.3 Å². The van der Waals surface area contributed by atoms with E-state index < -0.39 is 5.82 Å². The summed E-state index contributed by atoms with van der Waals surface area (Å²) in [6.45, 7) is 3.69. The largest absolute Gasteiger partial charge is 0.484 e. The van der Waals surface area contributed by atoms with Crippen molar-refractivity contribution in [2.24, 2.45) is 0 Å². The number of nitrogens with one attached hydrogen (secondary N) is 1. The molecule has 2 aromatic rings. The van der Waals surface area contributed by atoms with E-state index in [1.165, 1.54) is 18.2 Å². The van der Waals surface area contributed by atoms with E-state index in [9.17, 15) is 9.18 Å². The molecule has 0 radical (unpaired) electrons. The predicted octanol–water partition coefficient (Wildman–Crippen LogP) is 4.11. The zero-order chi connectivity index (χ0) is 15.4. The first-order chi connectivity index (χ1) is 9.95. The molecule has 0 unspecified atom stereocenters. The number of carbonyl (C=O) groups is 1. The van der Waals surface area contributed by atoms with Crippen LogP contribution in [0.2, 0.25) is 5.02 Å². The Bertz CT molecular complexity index is 673. The molecule has 0 heterocycles. The summed E-state index contributed by atoms with van der Waals surface area (Å²) < 4.78 is 18.3. The van der Waals surface area contributed by atoms with Gasteiger partial charge in [-0.05, 0) is 43.2 Å². The Morgan fingerprint density at radius 3 is 2.71 bits per heavy atom. The zero-order valence-corrected chi connectivity index (χ0v) is 12.5. The van der Waals surface area contributed by atoms with Crippen molar-refractivity contribution in [2.75, 3.05) is 11.9 Å². The van der Waals surface area contributed by atoms with Gasteiger partial charge in [0.05, 0.1) is 5.02 Å². The van der Waals surface area contributed by atoms with Gasteiger partial charge in [0.15, 0.2) is 6.61 Å². The van der Waals surface area contributed by atoms with Gasteiger partial charge in [0, 0.05) is 11.8 Å². The van der Waals surface area contributed by atoms with Crippen molar-refractivity contribution >= 4 is 23.2 Å². The summed E-state index contributed by atoms with van der Waals surface area (Å²) in [7, 11) is 0. The molecule has 2 rings (SSSR count). The molecular formula is C16H15ClFNO2. The van der Waals surface area contributed by atoms with Crippen LogP contribution in [0, 0.1) is 19.7 Å². The van der Waals surface area contributed by atoms with Crippen LogP contribution >= 0.6 is 11.6 Å². The van der Waals surface area contributed by atoms with E-state index in [1.807, 2.05) is 32.0 Å². The van der Waals surface area contributed by atoms with Crippen molar-refractivity contribution < 1.29 is 13.9 Å². The van der Waals surface area contributed by atoms with Crippen LogP contribution in [0.25, 0.3) is 0 Å². The number of hydrogen-bond donors (Lipinski definition) is 1. The van der Waals surface area contributed by atoms with Gasteiger partial charge in [-0.3, -0.25) is 4.79 Å². The van der Waals surface area contributed by atoms with Gasteiger partial charge < -0.3 is 10.1 Å². The third-order valence-corrected chi connectivity index (χ3v) is 3.22. The summed E-state index contributed by atoms with van der Waals surface area (Å²) in [5.74, 6) is -0.467. The Hall–Kier alpha value is -2.07. The van der Waals surface area contributed by atoms with Gasteiger partial charge in [-0.2, -0.15) is 0 Å². The lowest BCUT2D eigenvalue weighted by Crippen LogP contribution is -2.20. The van der Waals surface area contributed by atoms with Gasteiger partial charge >= 0.3 is 0 Å². The van der Waals surface area contributed by atoms with Crippen molar-refractivity contribution in [3.8, 4) is 5.75 Å². The van der Waals surface area contributed by atoms with Crippen LogP contribution in [0.15, 0.2) is 36.4 Å². The number of ether oxygens (including phenoxy) is 1. The van der Waals surface area contributed by atoms with E-state index >= 15 is 0 Å². The quantitative estimate of drug-likeness (QED) is 0.923. The Balaban J connectivity index is 1.95. The first-order valence-electron chi connectivity index (χ1n) is 6.40. The lowest BCUT2D eigenvalue weighted by Gasteiger charge is -2.10. The summed E-state index contributed by atoms with van der Waals surface area (Å²) >= 11 is 5.64. The van der Waals surface area contributed by atoms with E-state index in [-0.39, 0.29) is 17.5 Å². The second-order valence-corrected chi connectivity index (χ2v) is 5.14. The van der Waals surface area contributed by atoms with Crippen LogP contribution in [0.1, 0.15) is 11.1 Å². The smallest absolute Gasteiger partial charge is 0.262 e. The van der Waals surface area contributed by atoms with Gasteiger partial charge in [0.1, 0.15) is 11.6 Å². The highest BCUT2D eigenvalue weighted by Gasteiger charge is 2.07. The molecule has 1 amide bonds. The van der Waals surface area contributed by atoms with Crippen molar-refractivity contribution in [1.82, 2.24) is 0 Å². The molecule has 0 aliphatic carbocycles. The lowest BCUT2D eigenvalue weighted by molar-refractivity contribution is -0.118. The fourth-order valence-corrected chi connectivity index (χ4v) is 1.94. The standard InChI is InChI=1S/C16H15ClFNO2/c1-10-3-4-11(2)15(7-10)19-16(20)9-21-12-5-6-14(18)13(17)8-12/h3-8H,9H2,1-2H3,(H,19,20). The molecule has 1 N–H and O–H groups in total. The van der Waals surface area contributed by atoms with Gasteiger partial charge in [-0.25, -0.2) is 4.39 Å². The Labute approximate surface area is 127 Å². The number of benzene rings is 2. The minimum atomic E-state index is -0.524. The average Bonchev–Trinajstić information content (AvgIpc) is 2.44. The lowest BCUT2D eigenvalue weighted by atomic mass is 10.1. The molecule has 0 saturated carbocycles. The third-order valence-electron chi connectivity index (χ3n) is 2.93. The Morgan fingerprint density at radius 1 is 1.24 bits per heavy atom. The maximum absolute atomic E-state index is 13.0. The van der Waals surface area contributed by atoms with Crippen molar-refractivity contribution in [3.63, 3.8) is 0 Å². The molecule has 0 saturated heterocycles. The molecule has 0 spiro atoms. The highest BCUT2D eigenvalue weighted by atomic mass is 35.5. The Morgan fingerprint density at radius 2 is 2.00 bits per heavy atom. The van der Waals surface area contributed by atoms with Crippen LogP contribution in [0.3, 0.4) is 0 Å². The molecule has 0 fully saturated rings. The average molecular weight is 308 g/mol. The van der Waals surface area contributed by atoms with Gasteiger partial charge in [-0.15, -0.1) is 0 Å². The summed E-state index contributed by atoms with van der Waals surface area (Å²) in [6, 6.07) is 9.75. The fourth-order valence-electron chi connectivity index (χ4n) is 1.77. The predicted molar refractivity (Wildman–Crippen MR) is 81.5 cm³/mol. The van der Waals surface area contributed by atoms with E-state index in [4.69, 9.17) is 16.3 Å². The fraction of sp³-hybridized carbons (Fsp3) is 0.188. The number of halogens is 2. The number of hydrogen-bond acceptors (Lipinski definition) is 2. The molecule has 0 aliphatic heterocycles. The maximum atomic E-state index is 13.0. The summed E-state index contributed by atoms with van der Waals surface area (Å²) in [5, 5.41) is 2.74.